The number of aromatic nitrogens is 2. The second-order valence-corrected chi connectivity index (χ2v) is 5.21. The number of rotatable bonds is 3. The summed E-state index contributed by atoms with van der Waals surface area (Å²) in [6.07, 6.45) is 0.502. The highest BCUT2D eigenvalue weighted by Crippen LogP contribution is 2.21. The monoisotopic (exact) mass is 315 g/mol. The van der Waals surface area contributed by atoms with Crippen LogP contribution in [0.3, 0.4) is 0 Å². The average Bonchev–Trinajstić information content (AvgIpc) is 2.57. The van der Waals surface area contributed by atoms with Crippen LogP contribution < -0.4 is 11.3 Å². The second kappa shape index (κ2) is 5.89. The third-order valence-electron chi connectivity index (χ3n) is 3.74. The van der Waals surface area contributed by atoms with E-state index in [9.17, 15) is 13.6 Å². The summed E-state index contributed by atoms with van der Waals surface area (Å²) >= 11 is 0. The molecule has 118 valence electrons. The van der Waals surface area contributed by atoms with Crippen molar-refractivity contribution in [3.8, 4) is 5.69 Å². The molecule has 1 heterocycles. The highest BCUT2D eigenvalue weighted by atomic mass is 19.1. The number of para-hydroxylation sites is 1. The maximum Gasteiger partial charge on any atom is 0.269 e. The molecule has 1 unspecified atom stereocenters. The third kappa shape index (κ3) is 2.51. The van der Waals surface area contributed by atoms with E-state index in [1.54, 1.807) is 30.3 Å². The minimum absolute atomic E-state index is 0.209. The lowest BCUT2D eigenvalue weighted by atomic mass is 10.1. The molecule has 0 saturated carbocycles. The van der Waals surface area contributed by atoms with E-state index in [1.165, 1.54) is 4.57 Å². The summed E-state index contributed by atoms with van der Waals surface area (Å²) in [5.41, 5.74) is 5.59. The predicted molar refractivity (Wildman–Crippen MR) is 84.5 cm³/mol. The molecule has 2 aromatic carbocycles. The van der Waals surface area contributed by atoms with E-state index in [0.717, 1.165) is 12.1 Å². The maximum absolute atomic E-state index is 14.1. The van der Waals surface area contributed by atoms with Crippen molar-refractivity contribution in [1.82, 2.24) is 9.55 Å². The van der Waals surface area contributed by atoms with E-state index >= 15 is 0 Å². The molecule has 3 rings (SSSR count). The summed E-state index contributed by atoms with van der Waals surface area (Å²) in [6, 6.07) is 9.98. The SMILES string of the molecule is CCC(N)c1nc2c(F)ccc(F)c2c(=O)n1-c1ccccc1. The van der Waals surface area contributed by atoms with Crippen molar-refractivity contribution in [3.05, 3.63) is 70.3 Å². The molecule has 3 aromatic rings. The normalized spacial score (nSPS) is 12.5. The molecule has 1 atom stereocenters. The summed E-state index contributed by atoms with van der Waals surface area (Å²) in [6.45, 7) is 1.83. The third-order valence-corrected chi connectivity index (χ3v) is 3.74. The van der Waals surface area contributed by atoms with Gasteiger partial charge in [-0.25, -0.2) is 13.8 Å². The van der Waals surface area contributed by atoms with Crippen molar-refractivity contribution in [3.63, 3.8) is 0 Å². The Bertz CT molecular complexity index is 923. The van der Waals surface area contributed by atoms with Crippen molar-refractivity contribution >= 4 is 10.9 Å². The van der Waals surface area contributed by atoms with Crippen LogP contribution in [-0.4, -0.2) is 9.55 Å². The van der Waals surface area contributed by atoms with Gasteiger partial charge in [-0.1, -0.05) is 25.1 Å². The van der Waals surface area contributed by atoms with Crippen molar-refractivity contribution in [2.24, 2.45) is 5.73 Å². The van der Waals surface area contributed by atoms with Gasteiger partial charge in [-0.05, 0) is 30.7 Å². The standard InChI is InChI=1S/C17H15F2N3O/c1-2-13(20)16-21-15-12(19)9-8-11(18)14(15)17(23)22(16)10-6-4-3-5-7-10/h3-9,13H,2,20H2,1H3. The van der Waals surface area contributed by atoms with Gasteiger partial charge in [0.2, 0.25) is 0 Å². The highest BCUT2D eigenvalue weighted by molar-refractivity contribution is 5.79. The molecule has 0 spiro atoms. The fraction of sp³-hybridized carbons (Fsp3) is 0.176. The number of benzene rings is 2. The maximum atomic E-state index is 14.1. The topological polar surface area (TPSA) is 60.9 Å². The summed E-state index contributed by atoms with van der Waals surface area (Å²) in [5.74, 6) is -1.34. The van der Waals surface area contributed by atoms with Crippen LogP contribution >= 0.6 is 0 Å². The molecule has 0 aliphatic carbocycles. The second-order valence-electron chi connectivity index (χ2n) is 5.21. The van der Waals surface area contributed by atoms with E-state index in [1.807, 2.05) is 6.92 Å². The first kappa shape index (κ1) is 15.3. The minimum atomic E-state index is -0.805. The number of nitrogens with two attached hydrogens (primary N) is 1. The lowest BCUT2D eigenvalue weighted by Crippen LogP contribution is -2.29. The summed E-state index contributed by atoms with van der Waals surface area (Å²) < 4.78 is 29.3. The van der Waals surface area contributed by atoms with Crippen LogP contribution in [0.4, 0.5) is 8.78 Å². The molecule has 0 fully saturated rings. The van der Waals surface area contributed by atoms with E-state index in [-0.39, 0.29) is 16.7 Å². The molecule has 0 amide bonds. The van der Waals surface area contributed by atoms with E-state index < -0.39 is 23.2 Å². The van der Waals surface area contributed by atoms with Gasteiger partial charge in [0.15, 0.2) is 0 Å². The highest BCUT2D eigenvalue weighted by Gasteiger charge is 2.21. The Balaban J connectivity index is 2.48. The average molecular weight is 315 g/mol. The van der Waals surface area contributed by atoms with E-state index in [0.29, 0.717) is 12.1 Å². The predicted octanol–water partition coefficient (Wildman–Crippen LogP) is 3.07. The Morgan fingerprint density at radius 2 is 1.78 bits per heavy atom. The summed E-state index contributed by atoms with van der Waals surface area (Å²) in [5, 5.41) is -0.374. The zero-order valence-electron chi connectivity index (χ0n) is 12.5. The van der Waals surface area contributed by atoms with Crippen molar-refractivity contribution in [1.29, 1.82) is 0 Å². The molecule has 2 N–H and O–H groups in total. The van der Waals surface area contributed by atoms with Crippen LogP contribution in [0, 0.1) is 11.6 Å². The molecule has 0 aliphatic heterocycles. The number of halogens is 2. The Hall–Kier alpha value is -2.60. The van der Waals surface area contributed by atoms with E-state index in [2.05, 4.69) is 4.98 Å². The number of nitrogens with zero attached hydrogens (tertiary/aromatic N) is 2. The van der Waals surface area contributed by atoms with Crippen molar-refractivity contribution < 1.29 is 8.78 Å². The van der Waals surface area contributed by atoms with Gasteiger partial charge < -0.3 is 5.73 Å². The van der Waals surface area contributed by atoms with Gasteiger partial charge >= 0.3 is 0 Å². The van der Waals surface area contributed by atoms with Crippen LogP contribution in [0.25, 0.3) is 16.6 Å². The molecular weight excluding hydrogens is 300 g/mol. The molecule has 0 radical (unpaired) electrons. The van der Waals surface area contributed by atoms with Gasteiger partial charge in [0.05, 0.1) is 11.7 Å². The summed E-state index contributed by atoms with van der Waals surface area (Å²) in [7, 11) is 0. The molecule has 1 aromatic heterocycles. The van der Waals surface area contributed by atoms with Gasteiger partial charge in [0.25, 0.3) is 5.56 Å². The van der Waals surface area contributed by atoms with Crippen LogP contribution in [0.5, 0.6) is 0 Å². The Labute approximate surface area is 131 Å². The van der Waals surface area contributed by atoms with Gasteiger partial charge in [0, 0.05) is 0 Å². The molecule has 0 aliphatic rings. The van der Waals surface area contributed by atoms with Crippen molar-refractivity contribution in [2.75, 3.05) is 0 Å². The number of hydrogen-bond donors (Lipinski definition) is 1. The van der Waals surface area contributed by atoms with Crippen LogP contribution in [0.2, 0.25) is 0 Å². The largest absolute Gasteiger partial charge is 0.321 e. The Morgan fingerprint density at radius 3 is 2.43 bits per heavy atom. The molecule has 6 heteroatoms. The first-order valence-electron chi connectivity index (χ1n) is 7.26. The zero-order chi connectivity index (χ0) is 16.6. The van der Waals surface area contributed by atoms with Crippen LogP contribution in [0.1, 0.15) is 25.2 Å². The Morgan fingerprint density at radius 1 is 1.13 bits per heavy atom. The first-order chi connectivity index (χ1) is 11.0. The first-order valence-corrected chi connectivity index (χ1v) is 7.26. The van der Waals surface area contributed by atoms with Gasteiger partial charge in [0.1, 0.15) is 28.4 Å². The molecule has 23 heavy (non-hydrogen) atoms. The minimum Gasteiger partial charge on any atom is -0.321 e. The molecule has 0 bridgehead atoms. The lowest BCUT2D eigenvalue weighted by molar-refractivity contribution is 0.596. The van der Waals surface area contributed by atoms with Crippen LogP contribution in [-0.2, 0) is 0 Å². The zero-order valence-corrected chi connectivity index (χ0v) is 12.5. The fourth-order valence-corrected chi connectivity index (χ4v) is 2.49. The molecular formula is C17H15F2N3O. The van der Waals surface area contributed by atoms with Gasteiger partial charge in [-0.3, -0.25) is 9.36 Å². The molecule has 4 nitrogen and oxygen atoms in total. The van der Waals surface area contributed by atoms with Crippen molar-refractivity contribution in [2.45, 2.75) is 19.4 Å². The molecule has 0 saturated heterocycles. The number of fused-ring (bicyclic) bond motifs is 1. The van der Waals surface area contributed by atoms with E-state index in [4.69, 9.17) is 5.73 Å². The number of hydrogen-bond acceptors (Lipinski definition) is 3. The van der Waals surface area contributed by atoms with Gasteiger partial charge in [-0.15, -0.1) is 0 Å². The Kier molecular flexibility index (Phi) is 3.92. The lowest BCUT2D eigenvalue weighted by Gasteiger charge is -2.17. The van der Waals surface area contributed by atoms with Crippen LogP contribution in [0.15, 0.2) is 47.3 Å². The summed E-state index contributed by atoms with van der Waals surface area (Å²) in [4.78, 5) is 17.0. The fourth-order valence-electron chi connectivity index (χ4n) is 2.49. The van der Waals surface area contributed by atoms with Gasteiger partial charge in [-0.2, -0.15) is 0 Å². The smallest absolute Gasteiger partial charge is 0.269 e. The quantitative estimate of drug-likeness (QED) is 0.808.